The van der Waals surface area contributed by atoms with Gasteiger partial charge in [0.1, 0.15) is 0 Å². The maximum absolute atomic E-state index is 6.56. The Morgan fingerprint density at radius 3 is 2.50 bits per heavy atom. The quantitative estimate of drug-likeness (QED) is 0.781. The summed E-state index contributed by atoms with van der Waals surface area (Å²) in [6, 6.07) is 0.749. The van der Waals surface area contributed by atoms with Gasteiger partial charge in [0, 0.05) is 24.7 Å². The number of likely N-dealkylation sites (tertiary alicyclic amines) is 1. The van der Waals surface area contributed by atoms with Crippen molar-refractivity contribution in [1.29, 1.82) is 0 Å². The summed E-state index contributed by atoms with van der Waals surface area (Å²) in [4.78, 5) is 2.65. The average molecular weight is 224 g/mol. The first-order chi connectivity index (χ1) is 7.59. The molecule has 1 aliphatic carbocycles. The van der Waals surface area contributed by atoms with E-state index in [1.54, 1.807) is 0 Å². The van der Waals surface area contributed by atoms with E-state index in [4.69, 9.17) is 5.73 Å². The third-order valence-corrected chi connectivity index (χ3v) is 4.61. The molecule has 0 amide bonds. The minimum absolute atomic E-state index is 0.129. The monoisotopic (exact) mass is 224 g/mol. The molecule has 0 aromatic rings. The largest absolute Gasteiger partial charge is 0.324 e. The minimum atomic E-state index is 0.129. The summed E-state index contributed by atoms with van der Waals surface area (Å²) in [6.45, 7) is 7.15. The molecule has 0 aromatic heterocycles. The number of piperidine rings is 1. The molecular weight excluding hydrogens is 196 g/mol. The Balaban J connectivity index is 1.91. The number of rotatable bonds is 2. The van der Waals surface area contributed by atoms with Crippen LogP contribution in [0.2, 0.25) is 0 Å². The van der Waals surface area contributed by atoms with Gasteiger partial charge in [0.15, 0.2) is 0 Å². The van der Waals surface area contributed by atoms with E-state index in [1.165, 1.54) is 51.5 Å². The molecule has 2 atom stereocenters. The van der Waals surface area contributed by atoms with Gasteiger partial charge in [-0.05, 0) is 38.5 Å². The van der Waals surface area contributed by atoms with Gasteiger partial charge in [-0.2, -0.15) is 0 Å². The molecule has 2 nitrogen and oxygen atoms in total. The molecule has 1 aliphatic heterocycles. The second-order valence-corrected chi connectivity index (χ2v) is 6.38. The Morgan fingerprint density at radius 1 is 1.12 bits per heavy atom. The molecule has 2 fully saturated rings. The van der Waals surface area contributed by atoms with Crippen LogP contribution in [0.3, 0.4) is 0 Å². The smallest absolute Gasteiger partial charge is 0.0283 e. The molecule has 0 bridgehead atoms. The van der Waals surface area contributed by atoms with Gasteiger partial charge >= 0.3 is 0 Å². The van der Waals surface area contributed by atoms with Gasteiger partial charge in [0.25, 0.3) is 0 Å². The normalized spacial score (nSPS) is 36.2. The summed E-state index contributed by atoms with van der Waals surface area (Å²) in [5.74, 6) is 0.864. The van der Waals surface area contributed by atoms with Gasteiger partial charge in [-0.15, -0.1) is 0 Å². The zero-order valence-electron chi connectivity index (χ0n) is 11.0. The maximum atomic E-state index is 6.56. The fourth-order valence-corrected chi connectivity index (χ4v) is 3.42. The highest BCUT2D eigenvalue weighted by atomic mass is 15.2. The molecule has 0 radical (unpaired) electrons. The fourth-order valence-electron chi connectivity index (χ4n) is 3.42. The number of hydrogen-bond acceptors (Lipinski definition) is 2. The summed E-state index contributed by atoms with van der Waals surface area (Å²) in [5.41, 5.74) is 6.68. The van der Waals surface area contributed by atoms with E-state index in [1.807, 2.05) is 0 Å². The number of nitrogens with zero attached hydrogens (tertiary/aromatic N) is 1. The molecule has 1 saturated heterocycles. The van der Waals surface area contributed by atoms with Crippen molar-refractivity contribution in [2.75, 3.05) is 13.1 Å². The zero-order valence-corrected chi connectivity index (χ0v) is 11.0. The lowest BCUT2D eigenvalue weighted by Gasteiger charge is -2.44. The highest BCUT2D eigenvalue weighted by molar-refractivity contribution is 4.92. The van der Waals surface area contributed by atoms with Gasteiger partial charge in [-0.25, -0.2) is 0 Å². The van der Waals surface area contributed by atoms with Gasteiger partial charge in [0.2, 0.25) is 0 Å². The Hall–Kier alpha value is -0.0800. The standard InChI is InChI=1S/C14H28N2/c1-12-6-7-13(2)16(10-12)11-14(15)8-4-3-5-9-14/h12-13H,3-11,15H2,1-2H3. The van der Waals surface area contributed by atoms with Crippen LogP contribution in [0, 0.1) is 5.92 Å². The molecule has 2 unspecified atom stereocenters. The summed E-state index contributed by atoms with van der Waals surface area (Å²) < 4.78 is 0. The van der Waals surface area contributed by atoms with Crippen molar-refractivity contribution in [3.05, 3.63) is 0 Å². The first kappa shape index (κ1) is 12.4. The maximum Gasteiger partial charge on any atom is 0.0283 e. The third kappa shape index (κ3) is 2.98. The van der Waals surface area contributed by atoms with E-state index in [2.05, 4.69) is 18.7 Å². The van der Waals surface area contributed by atoms with Gasteiger partial charge in [-0.3, -0.25) is 4.90 Å². The van der Waals surface area contributed by atoms with Crippen LogP contribution < -0.4 is 5.73 Å². The highest BCUT2D eigenvalue weighted by Crippen LogP contribution is 2.30. The second-order valence-electron chi connectivity index (χ2n) is 6.38. The fraction of sp³-hybridized carbons (Fsp3) is 1.00. The van der Waals surface area contributed by atoms with E-state index >= 15 is 0 Å². The van der Waals surface area contributed by atoms with Crippen molar-refractivity contribution in [3.8, 4) is 0 Å². The highest BCUT2D eigenvalue weighted by Gasteiger charge is 2.33. The number of nitrogens with two attached hydrogens (primary N) is 1. The van der Waals surface area contributed by atoms with E-state index in [0.717, 1.165) is 18.5 Å². The molecule has 94 valence electrons. The number of hydrogen-bond donors (Lipinski definition) is 1. The van der Waals surface area contributed by atoms with Gasteiger partial charge < -0.3 is 5.73 Å². The van der Waals surface area contributed by atoms with Gasteiger partial charge in [0.05, 0.1) is 0 Å². The lowest BCUT2D eigenvalue weighted by Crippen LogP contribution is -2.55. The van der Waals surface area contributed by atoms with Crippen molar-refractivity contribution < 1.29 is 0 Å². The van der Waals surface area contributed by atoms with Gasteiger partial charge in [-0.1, -0.05) is 26.2 Å². The SMILES string of the molecule is CC1CCC(C)N(CC2(N)CCCCC2)C1. The first-order valence-corrected chi connectivity index (χ1v) is 7.12. The topological polar surface area (TPSA) is 29.3 Å². The van der Waals surface area contributed by atoms with Crippen molar-refractivity contribution in [1.82, 2.24) is 4.90 Å². The van der Waals surface area contributed by atoms with Crippen molar-refractivity contribution >= 4 is 0 Å². The Morgan fingerprint density at radius 2 is 1.81 bits per heavy atom. The molecule has 0 spiro atoms. The van der Waals surface area contributed by atoms with E-state index in [9.17, 15) is 0 Å². The van der Waals surface area contributed by atoms with Crippen LogP contribution in [0.15, 0.2) is 0 Å². The molecule has 0 aromatic carbocycles. The van der Waals surface area contributed by atoms with Crippen molar-refractivity contribution in [3.63, 3.8) is 0 Å². The molecule has 2 aliphatic rings. The Labute approximate surface area is 101 Å². The first-order valence-electron chi connectivity index (χ1n) is 7.12. The van der Waals surface area contributed by atoms with Crippen LogP contribution in [-0.4, -0.2) is 29.6 Å². The summed E-state index contributed by atoms with van der Waals surface area (Å²) in [5, 5.41) is 0. The lowest BCUT2D eigenvalue weighted by molar-refractivity contribution is 0.0832. The average Bonchev–Trinajstić information content (AvgIpc) is 2.24. The lowest BCUT2D eigenvalue weighted by atomic mass is 9.81. The van der Waals surface area contributed by atoms with Crippen LogP contribution in [-0.2, 0) is 0 Å². The van der Waals surface area contributed by atoms with Crippen molar-refractivity contribution in [2.24, 2.45) is 11.7 Å². The molecular formula is C14H28N2. The zero-order chi connectivity index (χ0) is 11.6. The molecule has 2 N–H and O–H groups in total. The van der Waals surface area contributed by atoms with Crippen LogP contribution in [0.1, 0.15) is 58.8 Å². The Kier molecular flexibility index (Phi) is 3.91. The predicted molar refractivity (Wildman–Crippen MR) is 69.4 cm³/mol. The molecule has 1 heterocycles. The summed E-state index contributed by atoms with van der Waals surface area (Å²) >= 11 is 0. The molecule has 2 heteroatoms. The van der Waals surface area contributed by atoms with Crippen LogP contribution in [0.25, 0.3) is 0 Å². The molecule has 1 saturated carbocycles. The Bertz CT molecular complexity index is 221. The molecule has 16 heavy (non-hydrogen) atoms. The van der Waals surface area contributed by atoms with E-state index in [0.29, 0.717) is 0 Å². The second kappa shape index (κ2) is 5.05. The van der Waals surface area contributed by atoms with Crippen molar-refractivity contribution in [2.45, 2.75) is 70.4 Å². The van der Waals surface area contributed by atoms with Crippen LogP contribution in [0.5, 0.6) is 0 Å². The molecule has 2 rings (SSSR count). The van der Waals surface area contributed by atoms with Crippen LogP contribution >= 0.6 is 0 Å². The van der Waals surface area contributed by atoms with E-state index in [-0.39, 0.29) is 5.54 Å². The summed E-state index contributed by atoms with van der Waals surface area (Å²) in [6.07, 6.45) is 9.31. The van der Waals surface area contributed by atoms with Crippen LogP contribution in [0.4, 0.5) is 0 Å². The third-order valence-electron chi connectivity index (χ3n) is 4.61. The predicted octanol–water partition coefficient (Wildman–Crippen LogP) is 2.77. The summed E-state index contributed by atoms with van der Waals surface area (Å²) in [7, 11) is 0. The van der Waals surface area contributed by atoms with E-state index < -0.39 is 0 Å². The minimum Gasteiger partial charge on any atom is -0.324 e.